The first-order valence-electron chi connectivity index (χ1n) is 6.23. The summed E-state index contributed by atoms with van der Waals surface area (Å²) in [4.78, 5) is 24.2. The third-order valence-corrected chi connectivity index (χ3v) is 3.46. The summed E-state index contributed by atoms with van der Waals surface area (Å²) in [6, 6.07) is 0. The summed E-state index contributed by atoms with van der Waals surface area (Å²) in [5.41, 5.74) is 0.472. The van der Waals surface area contributed by atoms with Gasteiger partial charge in [-0.25, -0.2) is 0 Å². The molecule has 17 heavy (non-hydrogen) atoms. The summed E-state index contributed by atoms with van der Waals surface area (Å²) in [5.74, 6) is -0.186. The van der Waals surface area contributed by atoms with Crippen LogP contribution in [-0.2, 0) is 9.59 Å². The molecule has 0 saturated heterocycles. The normalized spacial score (nSPS) is 26.1. The maximum atomic E-state index is 12.5. The molecule has 2 nitrogen and oxygen atoms in total. The molecule has 1 aliphatic carbocycles. The van der Waals surface area contributed by atoms with Crippen molar-refractivity contribution < 1.29 is 9.59 Å². The van der Waals surface area contributed by atoms with Gasteiger partial charge in [0.25, 0.3) is 0 Å². The Morgan fingerprint density at radius 1 is 1.12 bits per heavy atom. The third-order valence-electron chi connectivity index (χ3n) is 3.46. The van der Waals surface area contributed by atoms with Gasteiger partial charge in [-0.1, -0.05) is 47.6 Å². The number of hydrogen-bond acceptors (Lipinski definition) is 2. The van der Waals surface area contributed by atoms with E-state index in [9.17, 15) is 9.59 Å². The SMILES string of the molecule is CC(=O)C1C=C(C(C)(C)C)C(=O)C1C(C)(C)C. The molecule has 96 valence electrons. The van der Waals surface area contributed by atoms with E-state index in [1.54, 1.807) is 6.92 Å². The van der Waals surface area contributed by atoms with Crippen molar-refractivity contribution in [3.63, 3.8) is 0 Å². The molecule has 0 amide bonds. The average Bonchev–Trinajstić information content (AvgIpc) is 2.40. The summed E-state index contributed by atoms with van der Waals surface area (Å²) in [6.07, 6.45) is 1.90. The lowest BCUT2D eigenvalue weighted by atomic mass is 9.71. The highest BCUT2D eigenvalue weighted by molar-refractivity contribution is 6.05. The Hall–Kier alpha value is -0.920. The number of carbonyl (C=O) groups excluding carboxylic acids is 2. The Bertz CT molecular complexity index is 375. The predicted octanol–water partition coefficient (Wildman–Crippen LogP) is 3.41. The van der Waals surface area contributed by atoms with Crippen molar-refractivity contribution in [2.45, 2.75) is 48.5 Å². The molecular formula is C15H24O2. The van der Waals surface area contributed by atoms with Gasteiger partial charge in [-0.2, -0.15) is 0 Å². The van der Waals surface area contributed by atoms with Crippen LogP contribution < -0.4 is 0 Å². The van der Waals surface area contributed by atoms with Gasteiger partial charge in [0.05, 0.1) is 0 Å². The van der Waals surface area contributed by atoms with Gasteiger partial charge in [-0.15, -0.1) is 0 Å². The van der Waals surface area contributed by atoms with Gasteiger partial charge in [-0.3, -0.25) is 9.59 Å². The number of allylic oxidation sites excluding steroid dienone is 2. The van der Waals surface area contributed by atoms with Crippen molar-refractivity contribution in [2.24, 2.45) is 22.7 Å². The van der Waals surface area contributed by atoms with E-state index in [1.807, 2.05) is 47.6 Å². The van der Waals surface area contributed by atoms with Crippen molar-refractivity contribution in [1.82, 2.24) is 0 Å². The van der Waals surface area contributed by atoms with E-state index < -0.39 is 0 Å². The molecule has 0 aromatic carbocycles. The van der Waals surface area contributed by atoms with E-state index in [0.29, 0.717) is 0 Å². The first kappa shape index (κ1) is 14.1. The van der Waals surface area contributed by atoms with Crippen molar-refractivity contribution in [3.8, 4) is 0 Å². The topological polar surface area (TPSA) is 34.1 Å². The second-order valence-electron chi connectivity index (χ2n) is 7.17. The van der Waals surface area contributed by atoms with Crippen molar-refractivity contribution in [3.05, 3.63) is 11.6 Å². The zero-order chi connectivity index (χ0) is 13.6. The van der Waals surface area contributed by atoms with Crippen LogP contribution in [-0.4, -0.2) is 11.6 Å². The lowest BCUT2D eigenvalue weighted by Gasteiger charge is -2.30. The van der Waals surface area contributed by atoms with Crippen LogP contribution in [0.3, 0.4) is 0 Å². The van der Waals surface area contributed by atoms with E-state index in [4.69, 9.17) is 0 Å². The number of carbonyl (C=O) groups is 2. The van der Waals surface area contributed by atoms with E-state index in [2.05, 4.69) is 0 Å². The standard InChI is InChI=1S/C15H24O2/c1-9(16)10-8-11(14(2,3)4)13(17)12(10)15(5,6)7/h8,10,12H,1-7H3. The van der Waals surface area contributed by atoms with E-state index in [1.165, 1.54) is 0 Å². The molecule has 0 aromatic heterocycles. The van der Waals surface area contributed by atoms with Gasteiger partial charge in [0, 0.05) is 11.8 Å². The largest absolute Gasteiger partial charge is 0.299 e. The Labute approximate surface area is 104 Å². The van der Waals surface area contributed by atoms with E-state index >= 15 is 0 Å². The maximum absolute atomic E-state index is 12.5. The minimum absolute atomic E-state index is 0.0949. The molecular weight excluding hydrogens is 212 g/mol. The third kappa shape index (κ3) is 2.67. The van der Waals surface area contributed by atoms with Crippen LogP contribution in [0, 0.1) is 22.7 Å². The smallest absolute Gasteiger partial charge is 0.163 e. The van der Waals surface area contributed by atoms with Crippen LogP contribution in [0.15, 0.2) is 11.6 Å². The highest BCUT2D eigenvalue weighted by atomic mass is 16.1. The van der Waals surface area contributed by atoms with Crippen LogP contribution >= 0.6 is 0 Å². The Kier molecular flexibility index (Phi) is 3.39. The summed E-state index contributed by atoms with van der Waals surface area (Å²) in [5, 5.41) is 0. The van der Waals surface area contributed by atoms with Crippen LogP contribution in [0.2, 0.25) is 0 Å². The summed E-state index contributed by atoms with van der Waals surface area (Å²) >= 11 is 0. The zero-order valence-electron chi connectivity index (χ0n) is 12.0. The molecule has 1 aliphatic rings. The zero-order valence-corrected chi connectivity index (χ0v) is 12.0. The van der Waals surface area contributed by atoms with Crippen LogP contribution in [0.5, 0.6) is 0 Å². The van der Waals surface area contributed by atoms with Gasteiger partial charge in [0.15, 0.2) is 5.78 Å². The minimum Gasteiger partial charge on any atom is -0.299 e. The molecule has 0 radical (unpaired) electrons. The lowest BCUT2D eigenvalue weighted by molar-refractivity contribution is -0.130. The van der Waals surface area contributed by atoms with Gasteiger partial charge >= 0.3 is 0 Å². The van der Waals surface area contributed by atoms with Gasteiger partial charge in [-0.05, 0) is 23.3 Å². The fraction of sp³-hybridized carbons (Fsp3) is 0.733. The molecule has 2 heteroatoms. The summed E-state index contributed by atoms with van der Waals surface area (Å²) in [6.45, 7) is 13.8. The highest BCUT2D eigenvalue weighted by Gasteiger charge is 2.47. The number of rotatable bonds is 1. The van der Waals surface area contributed by atoms with Gasteiger partial charge in [0.2, 0.25) is 0 Å². The Morgan fingerprint density at radius 3 is 1.82 bits per heavy atom. The molecule has 2 atom stereocenters. The molecule has 0 heterocycles. The Morgan fingerprint density at radius 2 is 1.59 bits per heavy atom. The number of ketones is 2. The molecule has 2 unspecified atom stereocenters. The molecule has 0 aromatic rings. The first-order valence-corrected chi connectivity index (χ1v) is 6.23. The second-order valence-corrected chi connectivity index (χ2v) is 7.17. The minimum atomic E-state index is -0.239. The quantitative estimate of drug-likeness (QED) is 0.699. The fourth-order valence-electron chi connectivity index (χ4n) is 2.59. The van der Waals surface area contributed by atoms with Gasteiger partial charge in [0.1, 0.15) is 5.78 Å². The van der Waals surface area contributed by atoms with Crippen LogP contribution in [0.1, 0.15) is 48.5 Å². The lowest BCUT2D eigenvalue weighted by Crippen LogP contribution is -2.34. The number of hydrogen-bond donors (Lipinski definition) is 0. The molecule has 0 saturated carbocycles. The maximum Gasteiger partial charge on any atom is 0.163 e. The fourth-order valence-corrected chi connectivity index (χ4v) is 2.59. The first-order chi connectivity index (χ1) is 7.46. The summed E-state index contributed by atoms with van der Waals surface area (Å²) < 4.78 is 0. The van der Waals surface area contributed by atoms with E-state index in [-0.39, 0.29) is 34.2 Å². The van der Waals surface area contributed by atoms with Crippen molar-refractivity contribution in [2.75, 3.05) is 0 Å². The average molecular weight is 236 g/mol. The Balaban J connectivity index is 3.23. The predicted molar refractivity (Wildman–Crippen MR) is 69.7 cm³/mol. The molecule has 0 aliphatic heterocycles. The molecule has 0 bridgehead atoms. The van der Waals surface area contributed by atoms with Crippen LogP contribution in [0.25, 0.3) is 0 Å². The van der Waals surface area contributed by atoms with Crippen molar-refractivity contribution in [1.29, 1.82) is 0 Å². The highest BCUT2D eigenvalue weighted by Crippen LogP contribution is 2.45. The van der Waals surface area contributed by atoms with Crippen molar-refractivity contribution >= 4 is 11.6 Å². The molecule has 0 fully saturated rings. The second kappa shape index (κ2) is 4.08. The molecule has 1 rings (SSSR count). The van der Waals surface area contributed by atoms with Gasteiger partial charge < -0.3 is 0 Å². The van der Waals surface area contributed by atoms with Crippen LogP contribution in [0.4, 0.5) is 0 Å². The monoisotopic (exact) mass is 236 g/mol. The van der Waals surface area contributed by atoms with E-state index in [0.717, 1.165) is 5.57 Å². The summed E-state index contributed by atoms with van der Waals surface area (Å²) in [7, 11) is 0. The molecule has 0 N–H and O–H groups in total. The number of Topliss-reactive ketones (excluding diaryl/α,β-unsaturated/α-hetero) is 2. The molecule has 0 spiro atoms.